The number of benzene rings is 2. The van der Waals surface area contributed by atoms with Gasteiger partial charge in [-0.2, -0.15) is 0 Å². The number of carbonyl (C=O) groups is 1. The monoisotopic (exact) mass is 336 g/mol. The zero-order valence-electron chi connectivity index (χ0n) is 10.7. The van der Waals surface area contributed by atoms with Crippen molar-refractivity contribution in [1.82, 2.24) is 5.32 Å². The molecule has 0 fully saturated rings. The molecule has 0 aliphatic rings. The van der Waals surface area contributed by atoms with Gasteiger partial charge in [0.15, 0.2) is 0 Å². The zero-order valence-corrected chi connectivity index (χ0v) is 12.3. The van der Waals surface area contributed by atoms with E-state index in [4.69, 9.17) is 5.73 Å². The van der Waals surface area contributed by atoms with Crippen molar-refractivity contribution in [2.24, 2.45) is 5.73 Å². The molecular weight excluding hydrogens is 323 g/mol. The van der Waals surface area contributed by atoms with E-state index < -0.39 is 5.91 Å². The first-order chi connectivity index (χ1) is 9.56. The van der Waals surface area contributed by atoms with Gasteiger partial charge in [0.25, 0.3) is 0 Å². The molecule has 0 heterocycles. The van der Waals surface area contributed by atoms with E-state index in [1.54, 1.807) is 30.3 Å². The second-order valence-corrected chi connectivity index (χ2v) is 5.27. The lowest BCUT2D eigenvalue weighted by atomic mass is 10.1. The number of hydrogen-bond acceptors (Lipinski definition) is 2. The number of primary amides is 1. The van der Waals surface area contributed by atoms with E-state index >= 15 is 0 Å². The van der Waals surface area contributed by atoms with Crippen LogP contribution in [0.1, 0.15) is 21.5 Å². The molecule has 0 aromatic heterocycles. The summed E-state index contributed by atoms with van der Waals surface area (Å²) in [7, 11) is 0. The van der Waals surface area contributed by atoms with Crippen LogP contribution in [0.25, 0.3) is 0 Å². The van der Waals surface area contributed by atoms with Crippen LogP contribution in [-0.2, 0) is 13.1 Å². The minimum Gasteiger partial charge on any atom is -0.366 e. The van der Waals surface area contributed by atoms with Gasteiger partial charge in [-0.15, -0.1) is 0 Å². The van der Waals surface area contributed by atoms with Crippen molar-refractivity contribution in [1.29, 1.82) is 0 Å². The molecule has 0 atom stereocenters. The molecule has 0 bridgehead atoms. The molecule has 20 heavy (non-hydrogen) atoms. The Hall–Kier alpha value is -1.72. The summed E-state index contributed by atoms with van der Waals surface area (Å²) < 4.78 is 13.5. The van der Waals surface area contributed by atoms with Gasteiger partial charge in [0.2, 0.25) is 5.91 Å². The Labute approximate surface area is 125 Å². The SMILES string of the molecule is NC(=O)c1cccc(CNCc2ccc(F)c(Br)c2)c1. The van der Waals surface area contributed by atoms with Gasteiger partial charge in [-0.1, -0.05) is 18.2 Å². The molecular formula is C15H14BrFN2O. The Morgan fingerprint density at radius 3 is 2.50 bits per heavy atom. The van der Waals surface area contributed by atoms with Crippen molar-refractivity contribution in [2.45, 2.75) is 13.1 Å². The molecule has 0 saturated heterocycles. The first-order valence-electron chi connectivity index (χ1n) is 6.09. The number of halogens is 2. The summed E-state index contributed by atoms with van der Waals surface area (Å²) in [6, 6.07) is 12.0. The molecule has 0 saturated carbocycles. The third kappa shape index (κ3) is 3.88. The van der Waals surface area contributed by atoms with Gasteiger partial charge in [-0.25, -0.2) is 4.39 Å². The standard InChI is InChI=1S/C15H14BrFN2O/c16-13-7-11(4-5-14(13)17)9-19-8-10-2-1-3-12(6-10)15(18)20/h1-7,19H,8-9H2,(H2,18,20). The normalized spacial score (nSPS) is 10.5. The quantitative estimate of drug-likeness (QED) is 0.881. The summed E-state index contributed by atoms with van der Waals surface area (Å²) in [5.41, 5.74) is 7.68. The molecule has 1 amide bonds. The molecule has 0 spiro atoms. The van der Waals surface area contributed by atoms with Gasteiger partial charge >= 0.3 is 0 Å². The number of amides is 1. The van der Waals surface area contributed by atoms with Gasteiger partial charge in [0.1, 0.15) is 5.82 Å². The lowest BCUT2D eigenvalue weighted by molar-refractivity contribution is 0.1000. The third-order valence-corrected chi connectivity index (χ3v) is 3.46. The maximum atomic E-state index is 13.1. The first-order valence-corrected chi connectivity index (χ1v) is 6.89. The average molecular weight is 337 g/mol. The maximum Gasteiger partial charge on any atom is 0.248 e. The molecule has 0 aliphatic heterocycles. The van der Waals surface area contributed by atoms with Crippen LogP contribution in [0.5, 0.6) is 0 Å². The summed E-state index contributed by atoms with van der Waals surface area (Å²) in [6.45, 7) is 1.22. The van der Waals surface area contributed by atoms with Crippen LogP contribution in [0.15, 0.2) is 46.9 Å². The molecule has 0 aliphatic carbocycles. The van der Waals surface area contributed by atoms with Crippen LogP contribution in [0, 0.1) is 5.82 Å². The lowest BCUT2D eigenvalue weighted by Crippen LogP contribution is -2.15. The topological polar surface area (TPSA) is 55.1 Å². The fourth-order valence-corrected chi connectivity index (χ4v) is 2.26. The summed E-state index contributed by atoms with van der Waals surface area (Å²) in [5, 5.41) is 3.24. The largest absolute Gasteiger partial charge is 0.366 e. The number of nitrogens with one attached hydrogen (secondary N) is 1. The van der Waals surface area contributed by atoms with E-state index in [0.717, 1.165) is 11.1 Å². The Morgan fingerprint density at radius 1 is 1.15 bits per heavy atom. The van der Waals surface area contributed by atoms with Crippen molar-refractivity contribution in [2.75, 3.05) is 0 Å². The van der Waals surface area contributed by atoms with Crippen LogP contribution in [0.4, 0.5) is 4.39 Å². The van der Waals surface area contributed by atoms with Gasteiger partial charge in [0, 0.05) is 18.7 Å². The Balaban J connectivity index is 1.94. The van der Waals surface area contributed by atoms with E-state index in [2.05, 4.69) is 21.2 Å². The van der Waals surface area contributed by atoms with Crippen LogP contribution < -0.4 is 11.1 Å². The highest BCUT2D eigenvalue weighted by atomic mass is 79.9. The van der Waals surface area contributed by atoms with E-state index in [1.807, 2.05) is 6.07 Å². The predicted octanol–water partition coefficient (Wildman–Crippen LogP) is 2.98. The highest BCUT2D eigenvalue weighted by Crippen LogP contribution is 2.16. The van der Waals surface area contributed by atoms with Crippen molar-refractivity contribution < 1.29 is 9.18 Å². The molecule has 2 aromatic carbocycles. The van der Waals surface area contributed by atoms with Crippen LogP contribution in [0.2, 0.25) is 0 Å². The molecule has 0 unspecified atom stereocenters. The number of nitrogens with two attached hydrogens (primary N) is 1. The van der Waals surface area contributed by atoms with E-state index in [9.17, 15) is 9.18 Å². The van der Waals surface area contributed by atoms with Gasteiger partial charge in [-0.3, -0.25) is 4.79 Å². The fraction of sp³-hybridized carbons (Fsp3) is 0.133. The minimum atomic E-state index is -0.436. The summed E-state index contributed by atoms with van der Waals surface area (Å²) >= 11 is 3.15. The van der Waals surface area contributed by atoms with Gasteiger partial charge in [-0.05, 0) is 51.3 Å². The molecule has 104 valence electrons. The van der Waals surface area contributed by atoms with Crippen molar-refractivity contribution in [3.8, 4) is 0 Å². The van der Waals surface area contributed by atoms with Gasteiger partial charge in [0.05, 0.1) is 4.47 Å². The Morgan fingerprint density at radius 2 is 1.85 bits per heavy atom. The average Bonchev–Trinajstić information content (AvgIpc) is 2.43. The molecule has 5 heteroatoms. The van der Waals surface area contributed by atoms with E-state index in [0.29, 0.717) is 23.1 Å². The maximum absolute atomic E-state index is 13.1. The summed E-state index contributed by atoms with van der Waals surface area (Å²) in [4.78, 5) is 11.1. The van der Waals surface area contributed by atoms with Crippen molar-refractivity contribution >= 4 is 21.8 Å². The molecule has 3 N–H and O–H groups in total. The second kappa shape index (κ2) is 6.63. The number of hydrogen-bond donors (Lipinski definition) is 2. The Bertz CT molecular complexity index is 631. The van der Waals surface area contributed by atoms with Crippen LogP contribution in [0.3, 0.4) is 0 Å². The highest BCUT2D eigenvalue weighted by Gasteiger charge is 2.02. The zero-order chi connectivity index (χ0) is 14.5. The van der Waals surface area contributed by atoms with E-state index in [1.165, 1.54) is 6.07 Å². The van der Waals surface area contributed by atoms with Crippen molar-refractivity contribution in [3.05, 3.63) is 69.4 Å². The van der Waals surface area contributed by atoms with Gasteiger partial charge < -0.3 is 11.1 Å². The summed E-state index contributed by atoms with van der Waals surface area (Å²) in [6.07, 6.45) is 0. The number of carbonyl (C=O) groups excluding carboxylic acids is 1. The third-order valence-electron chi connectivity index (χ3n) is 2.85. The summed E-state index contributed by atoms with van der Waals surface area (Å²) in [5.74, 6) is -0.711. The molecule has 3 nitrogen and oxygen atoms in total. The lowest BCUT2D eigenvalue weighted by Gasteiger charge is -2.07. The molecule has 2 rings (SSSR count). The van der Waals surface area contributed by atoms with Crippen LogP contribution >= 0.6 is 15.9 Å². The predicted molar refractivity (Wildman–Crippen MR) is 79.6 cm³/mol. The van der Waals surface area contributed by atoms with Crippen molar-refractivity contribution in [3.63, 3.8) is 0 Å². The molecule has 0 radical (unpaired) electrons. The second-order valence-electron chi connectivity index (χ2n) is 4.42. The number of rotatable bonds is 5. The van der Waals surface area contributed by atoms with Crippen LogP contribution in [-0.4, -0.2) is 5.91 Å². The first kappa shape index (κ1) is 14.7. The minimum absolute atomic E-state index is 0.275. The molecule has 2 aromatic rings. The smallest absolute Gasteiger partial charge is 0.248 e. The van der Waals surface area contributed by atoms with E-state index in [-0.39, 0.29) is 5.82 Å². The highest BCUT2D eigenvalue weighted by molar-refractivity contribution is 9.10. The Kier molecular flexibility index (Phi) is 4.87. The fourth-order valence-electron chi connectivity index (χ4n) is 1.84.